The SMILES string of the molecule is C=CCn1c(COc2cccc(Br)c2)n[nH]c1=S. The molecule has 6 heteroatoms. The molecule has 0 atom stereocenters. The molecule has 0 bridgehead atoms. The molecule has 0 aliphatic carbocycles. The van der Waals surface area contributed by atoms with Crippen LogP contribution < -0.4 is 4.74 Å². The Balaban J connectivity index is 2.10. The zero-order chi connectivity index (χ0) is 13.0. The Morgan fingerprint density at radius 3 is 3.11 bits per heavy atom. The number of H-pyrrole nitrogens is 1. The Hall–Kier alpha value is -1.40. The number of hydrogen-bond acceptors (Lipinski definition) is 3. The van der Waals surface area contributed by atoms with Crippen molar-refractivity contribution in [3.8, 4) is 5.75 Å². The summed E-state index contributed by atoms with van der Waals surface area (Å²) in [6.45, 7) is 4.67. The highest BCUT2D eigenvalue weighted by Gasteiger charge is 2.05. The van der Waals surface area contributed by atoms with E-state index in [9.17, 15) is 0 Å². The molecule has 0 fully saturated rings. The molecule has 2 rings (SSSR count). The van der Waals surface area contributed by atoms with Gasteiger partial charge in [-0.2, -0.15) is 5.10 Å². The van der Waals surface area contributed by atoms with Crippen molar-refractivity contribution in [3.05, 3.63) is 52.0 Å². The number of nitrogens with zero attached hydrogens (tertiary/aromatic N) is 2. The minimum Gasteiger partial charge on any atom is -0.486 e. The monoisotopic (exact) mass is 325 g/mol. The van der Waals surface area contributed by atoms with E-state index in [2.05, 4.69) is 32.7 Å². The molecule has 94 valence electrons. The summed E-state index contributed by atoms with van der Waals surface area (Å²) in [6, 6.07) is 7.66. The van der Waals surface area contributed by atoms with Gasteiger partial charge in [0.1, 0.15) is 12.4 Å². The first-order chi connectivity index (χ1) is 8.70. The molecule has 1 heterocycles. The van der Waals surface area contributed by atoms with E-state index in [1.165, 1.54) is 0 Å². The average Bonchev–Trinajstić information content (AvgIpc) is 2.69. The molecule has 1 N–H and O–H groups in total. The van der Waals surface area contributed by atoms with Gasteiger partial charge in [-0.1, -0.05) is 28.1 Å². The van der Waals surface area contributed by atoms with Gasteiger partial charge in [0.2, 0.25) is 0 Å². The summed E-state index contributed by atoms with van der Waals surface area (Å²) in [5.41, 5.74) is 0. The zero-order valence-corrected chi connectivity index (χ0v) is 12.0. The molecular formula is C12H12BrN3OS. The van der Waals surface area contributed by atoms with Crippen LogP contribution in [0.3, 0.4) is 0 Å². The fourth-order valence-corrected chi connectivity index (χ4v) is 2.09. The van der Waals surface area contributed by atoms with Crippen molar-refractivity contribution < 1.29 is 4.74 Å². The lowest BCUT2D eigenvalue weighted by atomic mass is 10.3. The van der Waals surface area contributed by atoms with E-state index < -0.39 is 0 Å². The predicted octanol–water partition coefficient (Wildman–Crippen LogP) is 3.47. The smallest absolute Gasteiger partial charge is 0.195 e. The third-order valence-corrected chi connectivity index (χ3v) is 3.12. The van der Waals surface area contributed by atoms with Crippen molar-refractivity contribution in [1.29, 1.82) is 0 Å². The second-order valence-electron chi connectivity index (χ2n) is 3.59. The largest absolute Gasteiger partial charge is 0.486 e. The first-order valence-corrected chi connectivity index (χ1v) is 6.54. The van der Waals surface area contributed by atoms with E-state index in [0.717, 1.165) is 16.0 Å². The highest BCUT2D eigenvalue weighted by Crippen LogP contribution is 2.18. The fourth-order valence-electron chi connectivity index (χ4n) is 1.48. The quantitative estimate of drug-likeness (QED) is 0.676. The second kappa shape index (κ2) is 5.97. The summed E-state index contributed by atoms with van der Waals surface area (Å²) in [7, 11) is 0. The molecule has 0 saturated carbocycles. The van der Waals surface area contributed by atoms with Gasteiger partial charge in [-0.25, -0.2) is 0 Å². The Morgan fingerprint density at radius 1 is 1.56 bits per heavy atom. The van der Waals surface area contributed by atoms with E-state index in [1.54, 1.807) is 6.08 Å². The number of aromatic nitrogens is 3. The standard InChI is InChI=1S/C12H12BrN3OS/c1-2-6-16-11(14-15-12(16)18)8-17-10-5-3-4-9(13)7-10/h2-5,7H,1,6,8H2,(H,15,18). The molecule has 0 amide bonds. The van der Waals surface area contributed by atoms with Crippen LogP contribution in [0.15, 0.2) is 41.4 Å². The van der Waals surface area contributed by atoms with E-state index >= 15 is 0 Å². The van der Waals surface area contributed by atoms with Crippen LogP contribution in [0.4, 0.5) is 0 Å². The summed E-state index contributed by atoms with van der Waals surface area (Å²) in [4.78, 5) is 0. The molecular weight excluding hydrogens is 314 g/mol. The third-order valence-electron chi connectivity index (χ3n) is 2.31. The van der Waals surface area contributed by atoms with Crippen molar-refractivity contribution in [1.82, 2.24) is 14.8 Å². The number of benzene rings is 1. The van der Waals surface area contributed by atoms with Crippen LogP contribution in [0.1, 0.15) is 5.82 Å². The van der Waals surface area contributed by atoms with Crippen molar-refractivity contribution in [2.24, 2.45) is 0 Å². The van der Waals surface area contributed by atoms with Crippen molar-refractivity contribution >= 4 is 28.1 Å². The molecule has 0 aliphatic rings. The number of ether oxygens (including phenoxy) is 1. The van der Waals surface area contributed by atoms with Gasteiger partial charge in [-0.3, -0.25) is 9.67 Å². The first-order valence-electron chi connectivity index (χ1n) is 5.34. The molecule has 0 aliphatic heterocycles. The summed E-state index contributed by atoms with van der Waals surface area (Å²) in [5.74, 6) is 1.53. The third kappa shape index (κ3) is 3.08. The molecule has 1 aromatic heterocycles. The van der Waals surface area contributed by atoms with Crippen LogP contribution >= 0.6 is 28.1 Å². The van der Waals surface area contributed by atoms with Crippen LogP contribution in [0, 0.1) is 4.77 Å². The predicted molar refractivity (Wildman–Crippen MR) is 76.1 cm³/mol. The van der Waals surface area contributed by atoms with Crippen LogP contribution in [0.2, 0.25) is 0 Å². The molecule has 2 aromatic rings. The molecule has 4 nitrogen and oxygen atoms in total. The first kappa shape index (κ1) is 13.0. The maximum atomic E-state index is 5.66. The van der Waals surface area contributed by atoms with E-state index in [0.29, 0.717) is 17.9 Å². The zero-order valence-electron chi connectivity index (χ0n) is 9.60. The Morgan fingerprint density at radius 2 is 2.39 bits per heavy atom. The number of allylic oxidation sites excluding steroid dienone is 1. The van der Waals surface area contributed by atoms with E-state index in [-0.39, 0.29) is 0 Å². The number of nitrogens with one attached hydrogen (secondary N) is 1. The minimum atomic E-state index is 0.359. The van der Waals surface area contributed by atoms with Crippen LogP contribution in [0.25, 0.3) is 0 Å². The number of halogens is 1. The molecule has 0 unspecified atom stereocenters. The van der Waals surface area contributed by atoms with E-state index in [1.807, 2.05) is 28.8 Å². The highest BCUT2D eigenvalue weighted by molar-refractivity contribution is 9.10. The molecule has 0 spiro atoms. The van der Waals surface area contributed by atoms with Gasteiger partial charge < -0.3 is 4.74 Å². The van der Waals surface area contributed by atoms with Gasteiger partial charge in [-0.15, -0.1) is 6.58 Å². The molecule has 0 saturated heterocycles. The molecule has 1 aromatic carbocycles. The summed E-state index contributed by atoms with van der Waals surface area (Å²) in [5, 5.41) is 6.88. The summed E-state index contributed by atoms with van der Waals surface area (Å²) < 4.78 is 9.06. The fraction of sp³-hybridized carbons (Fsp3) is 0.167. The van der Waals surface area contributed by atoms with Gasteiger partial charge in [0.25, 0.3) is 0 Å². The van der Waals surface area contributed by atoms with Gasteiger partial charge in [-0.05, 0) is 30.4 Å². The normalized spacial score (nSPS) is 10.3. The Bertz CT molecular complexity index is 605. The highest BCUT2D eigenvalue weighted by atomic mass is 79.9. The minimum absolute atomic E-state index is 0.359. The lowest BCUT2D eigenvalue weighted by Crippen LogP contribution is -2.06. The summed E-state index contributed by atoms with van der Waals surface area (Å²) >= 11 is 8.52. The average molecular weight is 326 g/mol. The van der Waals surface area contributed by atoms with Gasteiger partial charge in [0.15, 0.2) is 10.6 Å². The maximum Gasteiger partial charge on any atom is 0.195 e. The number of rotatable bonds is 5. The summed E-state index contributed by atoms with van der Waals surface area (Å²) in [6.07, 6.45) is 1.77. The van der Waals surface area contributed by atoms with Crippen molar-refractivity contribution in [2.75, 3.05) is 0 Å². The van der Waals surface area contributed by atoms with Crippen LogP contribution in [-0.4, -0.2) is 14.8 Å². The maximum absolute atomic E-state index is 5.66. The van der Waals surface area contributed by atoms with Gasteiger partial charge >= 0.3 is 0 Å². The second-order valence-corrected chi connectivity index (χ2v) is 4.89. The Labute approximate surface area is 118 Å². The lowest BCUT2D eigenvalue weighted by molar-refractivity contribution is 0.290. The number of hydrogen-bond donors (Lipinski definition) is 1. The van der Waals surface area contributed by atoms with Crippen molar-refractivity contribution in [3.63, 3.8) is 0 Å². The van der Waals surface area contributed by atoms with E-state index in [4.69, 9.17) is 17.0 Å². The van der Waals surface area contributed by atoms with Crippen LogP contribution in [0.5, 0.6) is 5.75 Å². The topological polar surface area (TPSA) is 42.8 Å². The Kier molecular flexibility index (Phi) is 4.33. The molecule has 18 heavy (non-hydrogen) atoms. The number of aromatic amines is 1. The van der Waals surface area contributed by atoms with Crippen molar-refractivity contribution in [2.45, 2.75) is 13.2 Å². The molecule has 0 radical (unpaired) electrons. The van der Waals surface area contributed by atoms with Gasteiger partial charge in [0, 0.05) is 11.0 Å². The van der Waals surface area contributed by atoms with Crippen LogP contribution in [-0.2, 0) is 13.2 Å². The van der Waals surface area contributed by atoms with Gasteiger partial charge in [0.05, 0.1) is 0 Å². The lowest BCUT2D eigenvalue weighted by Gasteiger charge is -2.07.